The van der Waals surface area contributed by atoms with Crippen LogP contribution in [-0.2, 0) is 4.74 Å². The number of hydrogen-bond acceptors (Lipinski definition) is 7. The van der Waals surface area contributed by atoms with Crippen LogP contribution in [0.3, 0.4) is 0 Å². The highest BCUT2D eigenvalue weighted by atomic mass is 32.1. The molecule has 3 aromatic rings. The number of ether oxygens (including phenoxy) is 2. The van der Waals surface area contributed by atoms with Crippen LogP contribution in [0.15, 0.2) is 72.4 Å². The van der Waals surface area contributed by atoms with Gasteiger partial charge in [-0.3, -0.25) is 0 Å². The Hall–Kier alpha value is -3.32. The van der Waals surface area contributed by atoms with Crippen molar-refractivity contribution in [1.82, 2.24) is 9.97 Å². The Kier molecular flexibility index (Phi) is 7.07. The quantitative estimate of drug-likeness (QED) is 0.331. The van der Waals surface area contributed by atoms with Crippen LogP contribution in [0.4, 0.5) is 5.82 Å². The highest BCUT2D eigenvalue weighted by molar-refractivity contribution is 7.21. The smallest absolute Gasteiger partial charge is 0.127 e. The molecule has 0 atom stereocenters. The van der Waals surface area contributed by atoms with E-state index in [0.29, 0.717) is 18.8 Å². The van der Waals surface area contributed by atoms with Gasteiger partial charge in [-0.05, 0) is 61.8 Å². The molecule has 7 heteroatoms. The van der Waals surface area contributed by atoms with Crippen LogP contribution in [-0.4, -0.2) is 37.3 Å². The molecule has 0 amide bonds. The maximum absolute atomic E-state index is 11.8. The molecule has 32 heavy (non-hydrogen) atoms. The van der Waals surface area contributed by atoms with Gasteiger partial charge in [-0.15, -0.1) is 11.3 Å². The Bertz CT molecular complexity index is 1130. The third kappa shape index (κ3) is 5.48. The minimum atomic E-state index is -0.257. The number of unbranched alkanes of at least 4 members (excludes halogenated alkanes) is 2. The zero-order chi connectivity index (χ0) is 22.3. The number of thiazole rings is 1. The van der Waals surface area contributed by atoms with Crippen molar-refractivity contribution < 1.29 is 14.6 Å². The first-order valence-corrected chi connectivity index (χ1v) is 11.5. The van der Waals surface area contributed by atoms with E-state index in [9.17, 15) is 5.11 Å². The summed E-state index contributed by atoms with van der Waals surface area (Å²) < 4.78 is 12.3. The van der Waals surface area contributed by atoms with Crippen LogP contribution in [0, 0.1) is 0 Å². The highest BCUT2D eigenvalue weighted by Crippen LogP contribution is 2.32. The van der Waals surface area contributed by atoms with Gasteiger partial charge in [-0.2, -0.15) is 0 Å². The van der Waals surface area contributed by atoms with E-state index in [2.05, 4.69) is 11.1 Å². The fourth-order valence-electron chi connectivity index (χ4n) is 3.22. The summed E-state index contributed by atoms with van der Waals surface area (Å²) in [6, 6.07) is 10.0. The molecule has 4 rings (SSSR count). The third-order valence-electron chi connectivity index (χ3n) is 5.00. The molecule has 0 N–H and O–H groups in total. The molecule has 0 saturated carbocycles. The molecule has 0 bridgehead atoms. The molecule has 1 aliphatic carbocycles. The first kappa shape index (κ1) is 21.9. The molecule has 0 fully saturated rings. The lowest BCUT2D eigenvalue weighted by atomic mass is 10.2. The maximum atomic E-state index is 11.8. The molecule has 1 aromatic carbocycles. The Labute approximate surface area is 192 Å². The summed E-state index contributed by atoms with van der Waals surface area (Å²) in [5.74, 6) is 1.51. The predicted molar refractivity (Wildman–Crippen MR) is 128 cm³/mol. The van der Waals surface area contributed by atoms with Gasteiger partial charge in [0.25, 0.3) is 0 Å². The van der Waals surface area contributed by atoms with Crippen LogP contribution in [0.25, 0.3) is 20.8 Å². The van der Waals surface area contributed by atoms with E-state index in [0.717, 1.165) is 51.6 Å². The second-order valence-corrected chi connectivity index (χ2v) is 8.70. The van der Waals surface area contributed by atoms with E-state index >= 15 is 0 Å². The average molecular weight is 449 g/mol. The van der Waals surface area contributed by atoms with Gasteiger partial charge in [0.15, 0.2) is 0 Å². The molecular formula is C25H26N3O3S-. The fourth-order valence-corrected chi connectivity index (χ4v) is 4.21. The van der Waals surface area contributed by atoms with Crippen molar-refractivity contribution in [2.75, 3.05) is 32.2 Å². The van der Waals surface area contributed by atoms with Crippen LogP contribution < -0.4 is 14.7 Å². The molecule has 166 valence electrons. The number of hydrogen-bond donors (Lipinski definition) is 0. The Morgan fingerprint density at radius 2 is 1.84 bits per heavy atom. The highest BCUT2D eigenvalue weighted by Gasteiger charge is 2.09. The molecule has 1 aliphatic rings. The number of allylic oxidation sites excluding steroid dienone is 5. The van der Waals surface area contributed by atoms with E-state index in [1.807, 2.05) is 61.6 Å². The zero-order valence-corrected chi connectivity index (χ0v) is 19.1. The molecule has 6 nitrogen and oxygen atoms in total. The summed E-state index contributed by atoms with van der Waals surface area (Å²) in [4.78, 5) is 11.2. The first-order chi connectivity index (χ1) is 15.6. The summed E-state index contributed by atoms with van der Waals surface area (Å²) in [6.45, 7) is 1.06. The molecule has 0 saturated heterocycles. The van der Waals surface area contributed by atoms with Gasteiger partial charge in [-0.25, -0.2) is 9.97 Å². The number of fused-ring (bicyclic) bond motifs is 1. The lowest BCUT2D eigenvalue weighted by Crippen LogP contribution is -2.11. The van der Waals surface area contributed by atoms with Crippen molar-refractivity contribution in [1.29, 1.82) is 0 Å². The lowest BCUT2D eigenvalue weighted by Gasteiger charge is -2.16. The molecule has 0 spiro atoms. The second-order valence-electron chi connectivity index (χ2n) is 7.67. The maximum Gasteiger partial charge on any atom is 0.127 e. The second kappa shape index (κ2) is 10.3. The van der Waals surface area contributed by atoms with Crippen molar-refractivity contribution in [2.45, 2.75) is 19.3 Å². The lowest BCUT2D eigenvalue weighted by molar-refractivity contribution is -0.358. The summed E-state index contributed by atoms with van der Waals surface area (Å²) in [5.41, 5.74) is 2.58. The molecule has 2 aromatic heterocycles. The molecule has 0 aliphatic heterocycles. The van der Waals surface area contributed by atoms with Gasteiger partial charge in [0.05, 0.1) is 22.8 Å². The number of benzene rings is 1. The average Bonchev–Trinajstić information content (AvgIpc) is 3.48. The first-order valence-electron chi connectivity index (χ1n) is 10.7. The van der Waals surface area contributed by atoms with Crippen LogP contribution >= 0.6 is 11.3 Å². The number of aromatic nitrogens is 2. The van der Waals surface area contributed by atoms with E-state index in [1.165, 1.54) is 0 Å². The van der Waals surface area contributed by atoms with Crippen molar-refractivity contribution in [3.05, 3.63) is 72.4 Å². The van der Waals surface area contributed by atoms with Crippen molar-refractivity contribution in [3.8, 4) is 16.3 Å². The van der Waals surface area contributed by atoms with Gasteiger partial charge in [0.2, 0.25) is 0 Å². The minimum Gasteiger partial charge on any atom is -0.613 e. The molecule has 2 heterocycles. The SMILES string of the molecule is CN(C)c1ccc(-c2nc3ccc(OCCCCCOC([O-])=C4C=CC=C4)cc3s2)cn1. The van der Waals surface area contributed by atoms with E-state index < -0.39 is 0 Å². The number of pyridine rings is 1. The van der Waals surface area contributed by atoms with Crippen molar-refractivity contribution >= 4 is 27.4 Å². The molecular weight excluding hydrogens is 422 g/mol. The van der Waals surface area contributed by atoms with Gasteiger partial charge in [0, 0.05) is 25.9 Å². The van der Waals surface area contributed by atoms with Crippen LogP contribution in [0.1, 0.15) is 19.3 Å². The van der Waals surface area contributed by atoms with E-state index in [4.69, 9.17) is 14.5 Å². The number of nitrogens with zero attached hydrogens (tertiary/aromatic N) is 3. The summed E-state index contributed by atoms with van der Waals surface area (Å²) in [5, 5.41) is 12.7. The summed E-state index contributed by atoms with van der Waals surface area (Å²) >= 11 is 1.64. The fraction of sp³-hybridized carbons (Fsp3) is 0.280. The summed E-state index contributed by atoms with van der Waals surface area (Å²) in [7, 11) is 3.95. The number of rotatable bonds is 10. The van der Waals surface area contributed by atoms with Crippen molar-refractivity contribution in [2.24, 2.45) is 0 Å². The Morgan fingerprint density at radius 1 is 1.03 bits per heavy atom. The van der Waals surface area contributed by atoms with Gasteiger partial charge < -0.3 is 19.5 Å². The van der Waals surface area contributed by atoms with E-state index in [-0.39, 0.29) is 5.95 Å². The topological polar surface area (TPSA) is 70.5 Å². The number of anilines is 1. The van der Waals surface area contributed by atoms with Crippen LogP contribution in [0.2, 0.25) is 0 Å². The molecule has 0 radical (unpaired) electrons. The van der Waals surface area contributed by atoms with Crippen molar-refractivity contribution in [3.63, 3.8) is 0 Å². The van der Waals surface area contributed by atoms with Crippen LogP contribution in [0.5, 0.6) is 5.75 Å². The third-order valence-corrected chi connectivity index (χ3v) is 6.07. The summed E-state index contributed by atoms with van der Waals surface area (Å²) in [6.07, 6.45) is 11.7. The normalized spacial score (nSPS) is 12.5. The Balaban J connectivity index is 1.24. The van der Waals surface area contributed by atoms with E-state index in [1.54, 1.807) is 23.5 Å². The van der Waals surface area contributed by atoms with Gasteiger partial charge in [-0.1, -0.05) is 24.3 Å². The monoisotopic (exact) mass is 448 g/mol. The minimum absolute atomic E-state index is 0.257. The Morgan fingerprint density at radius 3 is 2.59 bits per heavy atom. The predicted octanol–water partition coefficient (Wildman–Crippen LogP) is 4.69. The largest absolute Gasteiger partial charge is 0.613 e. The van der Waals surface area contributed by atoms with Gasteiger partial charge in [0.1, 0.15) is 16.6 Å². The standard InChI is InChI=1S/C25H27N3O3S/c1-28(2)23-13-10-19(17-26-23)24-27-21-12-11-20(16-22(21)32-24)30-14-6-3-7-15-31-25(29)18-8-4-5-9-18/h4-5,8-13,16-17,29H,3,6-7,14-15H2,1-2H3/p-1. The van der Waals surface area contributed by atoms with Gasteiger partial charge >= 0.3 is 0 Å². The molecule has 0 unspecified atom stereocenters. The zero-order valence-electron chi connectivity index (χ0n) is 18.3.